The second-order valence-electron chi connectivity index (χ2n) is 5.46. The molecule has 1 aromatic carbocycles. The lowest BCUT2D eigenvalue weighted by Gasteiger charge is -2.25. The number of methoxy groups -OCH3 is 1. The number of amides is 1. The molecule has 2 rings (SSSR count). The van der Waals surface area contributed by atoms with E-state index in [0.29, 0.717) is 23.8 Å². The van der Waals surface area contributed by atoms with Crippen LogP contribution in [0.1, 0.15) is 36.0 Å². The first-order chi connectivity index (χ1) is 10.2. The van der Waals surface area contributed by atoms with E-state index in [2.05, 4.69) is 5.32 Å². The minimum absolute atomic E-state index is 0.0700. The van der Waals surface area contributed by atoms with E-state index in [9.17, 15) is 9.90 Å². The normalized spacial score (nSPS) is 21.8. The van der Waals surface area contributed by atoms with Gasteiger partial charge in [0.1, 0.15) is 5.75 Å². The molecule has 1 amide bonds. The van der Waals surface area contributed by atoms with Crippen molar-refractivity contribution in [1.29, 1.82) is 0 Å². The van der Waals surface area contributed by atoms with Crippen molar-refractivity contribution >= 4 is 5.91 Å². The summed E-state index contributed by atoms with van der Waals surface area (Å²) in [6.07, 6.45) is 3.48. The predicted octanol–water partition coefficient (Wildman–Crippen LogP) is 1.95. The summed E-state index contributed by atoms with van der Waals surface area (Å²) in [5.74, 6) is 1.08. The van der Waals surface area contributed by atoms with Gasteiger partial charge in [0, 0.05) is 19.2 Å². The van der Waals surface area contributed by atoms with E-state index in [0.717, 1.165) is 25.7 Å². The lowest BCUT2D eigenvalue weighted by molar-refractivity contribution is 0.0511. The summed E-state index contributed by atoms with van der Waals surface area (Å²) in [4.78, 5) is 12.1. The fourth-order valence-corrected chi connectivity index (χ4v) is 2.52. The van der Waals surface area contributed by atoms with Gasteiger partial charge in [-0.3, -0.25) is 4.79 Å². The molecule has 0 aromatic heterocycles. The number of carbonyl (C=O) groups excluding carboxylic acids is 1. The van der Waals surface area contributed by atoms with Gasteiger partial charge in [-0.1, -0.05) is 0 Å². The van der Waals surface area contributed by atoms with Gasteiger partial charge in [-0.2, -0.15) is 0 Å². The highest BCUT2D eigenvalue weighted by Gasteiger charge is 2.19. The summed E-state index contributed by atoms with van der Waals surface area (Å²) in [7, 11) is 1.56. The molecule has 0 unspecified atom stereocenters. The Bertz CT molecular complexity index is 438. The van der Waals surface area contributed by atoms with E-state index in [1.165, 1.54) is 0 Å². The highest BCUT2D eigenvalue weighted by molar-refractivity contribution is 5.94. The minimum Gasteiger partial charge on any atom is -0.468 e. The van der Waals surface area contributed by atoms with Crippen molar-refractivity contribution in [2.45, 2.75) is 31.8 Å². The molecule has 1 aromatic rings. The summed E-state index contributed by atoms with van der Waals surface area (Å²) in [6.45, 7) is 0.868. The summed E-state index contributed by atoms with van der Waals surface area (Å²) < 4.78 is 10.1. The van der Waals surface area contributed by atoms with Crippen LogP contribution in [0.2, 0.25) is 0 Å². The molecule has 1 aliphatic rings. The Hall–Kier alpha value is -1.59. The average molecular weight is 293 g/mol. The number of carbonyl (C=O) groups is 1. The highest BCUT2D eigenvalue weighted by atomic mass is 16.7. The zero-order chi connectivity index (χ0) is 15.1. The van der Waals surface area contributed by atoms with E-state index in [1.807, 2.05) is 0 Å². The maximum absolute atomic E-state index is 12.1. The van der Waals surface area contributed by atoms with Crippen LogP contribution in [0, 0.1) is 5.92 Å². The quantitative estimate of drug-likeness (QED) is 0.787. The number of ether oxygens (including phenoxy) is 2. The van der Waals surface area contributed by atoms with Gasteiger partial charge < -0.3 is 19.9 Å². The summed E-state index contributed by atoms with van der Waals surface area (Å²) in [6, 6.07) is 6.99. The monoisotopic (exact) mass is 293 g/mol. The Kier molecular flexibility index (Phi) is 6.02. The van der Waals surface area contributed by atoms with Crippen molar-refractivity contribution in [3.8, 4) is 5.75 Å². The maximum atomic E-state index is 12.1. The highest BCUT2D eigenvalue weighted by Crippen LogP contribution is 2.23. The van der Waals surface area contributed by atoms with Gasteiger partial charge in [-0.05, 0) is 55.9 Å². The van der Waals surface area contributed by atoms with Crippen LogP contribution in [0.4, 0.5) is 0 Å². The molecule has 0 aliphatic heterocycles. The molecule has 0 saturated heterocycles. The van der Waals surface area contributed by atoms with Crippen LogP contribution in [0.15, 0.2) is 24.3 Å². The molecule has 0 spiro atoms. The molecule has 5 heteroatoms. The third-order valence-electron chi connectivity index (χ3n) is 3.83. The first kappa shape index (κ1) is 15.8. The molecular formula is C16H23NO4. The van der Waals surface area contributed by atoms with Crippen molar-refractivity contribution in [3.05, 3.63) is 29.8 Å². The maximum Gasteiger partial charge on any atom is 0.251 e. The number of rotatable bonds is 6. The third-order valence-corrected chi connectivity index (χ3v) is 3.83. The van der Waals surface area contributed by atoms with E-state index < -0.39 is 0 Å². The van der Waals surface area contributed by atoms with Crippen LogP contribution in [-0.4, -0.2) is 37.6 Å². The zero-order valence-corrected chi connectivity index (χ0v) is 12.4. The largest absolute Gasteiger partial charge is 0.468 e. The smallest absolute Gasteiger partial charge is 0.251 e. The molecule has 5 nitrogen and oxygen atoms in total. The Morgan fingerprint density at radius 3 is 2.52 bits per heavy atom. The molecule has 1 aliphatic carbocycles. The predicted molar refractivity (Wildman–Crippen MR) is 79.2 cm³/mol. The first-order valence-corrected chi connectivity index (χ1v) is 7.37. The van der Waals surface area contributed by atoms with Gasteiger partial charge in [0.05, 0.1) is 6.10 Å². The number of hydrogen-bond acceptors (Lipinski definition) is 4. The van der Waals surface area contributed by atoms with Crippen LogP contribution in [0.5, 0.6) is 5.75 Å². The van der Waals surface area contributed by atoms with Crippen LogP contribution < -0.4 is 10.1 Å². The number of hydrogen-bond donors (Lipinski definition) is 2. The second kappa shape index (κ2) is 8.00. The number of benzene rings is 1. The van der Waals surface area contributed by atoms with E-state index in [-0.39, 0.29) is 18.8 Å². The standard InChI is InChI=1S/C16H23NO4/c1-20-11-21-15-8-4-13(5-9-15)16(19)17-10-12-2-6-14(18)7-3-12/h4-5,8-9,12,14,18H,2-3,6-7,10-11H2,1H3,(H,17,19). The first-order valence-electron chi connectivity index (χ1n) is 7.37. The summed E-state index contributed by atoms with van der Waals surface area (Å²) in [5, 5.41) is 12.4. The lowest BCUT2D eigenvalue weighted by Crippen LogP contribution is -2.32. The van der Waals surface area contributed by atoms with Gasteiger partial charge in [-0.25, -0.2) is 0 Å². The van der Waals surface area contributed by atoms with E-state index in [4.69, 9.17) is 9.47 Å². The van der Waals surface area contributed by atoms with Crippen LogP contribution in [0.3, 0.4) is 0 Å². The molecule has 0 radical (unpaired) electrons. The average Bonchev–Trinajstić information content (AvgIpc) is 2.52. The molecule has 0 atom stereocenters. The molecule has 2 N–H and O–H groups in total. The molecular weight excluding hydrogens is 270 g/mol. The van der Waals surface area contributed by atoms with Gasteiger partial charge in [0.15, 0.2) is 6.79 Å². The molecule has 21 heavy (non-hydrogen) atoms. The van der Waals surface area contributed by atoms with Gasteiger partial charge >= 0.3 is 0 Å². The van der Waals surface area contributed by atoms with E-state index >= 15 is 0 Å². The SMILES string of the molecule is COCOc1ccc(C(=O)NCC2CCC(O)CC2)cc1. The van der Waals surface area contributed by atoms with Crippen molar-refractivity contribution in [3.63, 3.8) is 0 Å². The number of nitrogens with one attached hydrogen (secondary N) is 1. The zero-order valence-electron chi connectivity index (χ0n) is 12.4. The summed E-state index contributed by atoms with van der Waals surface area (Å²) in [5.41, 5.74) is 0.621. The fraction of sp³-hybridized carbons (Fsp3) is 0.562. The van der Waals surface area contributed by atoms with Crippen LogP contribution in [-0.2, 0) is 4.74 Å². The van der Waals surface area contributed by atoms with Gasteiger partial charge in [-0.15, -0.1) is 0 Å². The Balaban J connectivity index is 1.77. The number of aliphatic hydroxyl groups is 1. The van der Waals surface area contributed by atoms with Crippen molar-refractivity contribution in [2.75, 3.05) is 20.4 Å². The fourth-order valence-electron chi connectivity index (χ4n) is 2.52. The molecule has 0 heterocycles. The minimum atomic E-state index is -0.156. The van der Waals surface area contributed by atoms with Gasteiger partial charge in [0.2, 0.25) is 0 Å². The Labute approximate surface area is 125 Å². The number of aliphatic hydroxyl groups excluding tert-OH is 1. The lowest BCUT2D eigenvalue weighted by atomic mass is 9.87. The van der Waals surface area contributed by atoms with Crippen molar-refractivity contribution in [1.82, 2.24) is 5.32 Å². The molecule has 116 valence electrons. The van der Waals surface area contributed by atoms with Crippen LogP contribution in [0.25, 0.3) is 0 Å². The van der Waals surface area contributed by atoms with E-state index in [1.54, 1.807) is 31.4 Å². The third kappa shape index (κ3) is 5.02. The molecule has 1 fully saturated rings. The van der Waals surface area contributed by atoms with Crippen LogP contribution >= 0.6 is 0 Å². The Morgan fingerprint density at radius 1 is 1.24 bits per heavy atom. The molecule has 0 bridgehead atoms. The molecule has 1 saturated carbocycles. The summed E-state index contributed by atoms with van der Waals surface area (Å²) >= 11 is 0. The van der Waals surface area contributed by atoms with Crippen molar-refractivity contribution < 1.29 is 19.4 Å². The van der Waals surface area contributed by atoms with Gasteiger partial charge in [0.25, 0.3) is 5.91 Å². The second-order valence-corrected chi connectivity index (χ2v) is 5.46. The van der Waals surface area contributed by atoms with Crippen molar-refractivity contribution in [2.24, 2.45) is 5.92 Å². The topological polar surface area (TPSA) is 67.8 Å². The Morgan fingerprint density at radius 2 is 1.90 bits per heavy atom.